The van der Waals surface area contributed by atoms with Gasteiger partial charge < -0.3 is 14.8 Å². The number of rotatable bonds is 3. The number of para-hydroxylation sites is 2. The summed E-state index contributed by atoms with van der Waals surface area (Å²) in [6.07, 6.45) is 1.55. The molecule has 0 saturated heterocycles. The summed E-state index contributed by atoms with van der Waals surface area (Å²) < 4.78 is 0. The van der Waals surface area contributed by atoms with Crippen molar-refractivity contribution in [3.63, 3.8) is 0 Å². The first kappa shape index (κ1) is 20.8. The Balaban J connectivity index is 0.000000174. The Kier molecular flexibility index (Phi) is 7.17. The fraction of sp³-hybridized carbons (Fsp3) is 0.0870. The summed E-state index contributed by atoms with van der Waals surface area (Å²) in [7, 11) is 2.08. The van der Waals surface area contributed by atoms with E-state index in [1.165, 1.54) is 16.9 Å². The van der Waals surface area contributed by atoms with Gasteiger partial charge in [0, 0.05) is 11.4 Å². The van der Waals surface area contributed by atoms with Crippen LogP contribution in [0, 0.1) is 18.8 Å². The van der Waals surface area contributed by atoms with E-state index >= 15 is 0 Å². The molecule has 0 atom stereocenters. The van der Waals surface area contributed by atoms with Crippen molar-refractivity contribution < 1.29 is 20.1 Å². The molecular weight excluding hydrogens is 539 g/mol. The minimum atomic E-state index is 0. The second-order valence-corrected chi connectivity index (χ2v) is 6.34. The number of fused-ring (bicyclic) bond motifs is 1. The Morgan fingerprint density at radius 2 is 1.66 bits per heavy atom. The second-order valence-electron chi connectivity index (χ2n) is 6.34. The molecule has 0 spiro atoms. The Morgan fingerprint density at radius 1 is 0.931 bits per heavy atom. The predicted octanol–water partition coefficient (Wildman–Crippen LogP) is 4.33. The molecule has 0 saturated carbocycles. The van der Waals surface area contributed by atoms with Crippen LogP contribution in [0.1, 0.15) is 5.56 Å². The first-order chi connectivity index (χ1) is 13.8. The molecule has 0 aliphatic carbocycles. The van der Waals surface area contributed by atoms with Gasteiger partial charge in [0.15, 0.2) is 0 Å². The maximum atomic E-state index is 3.85. The molecule has 1 aromatic heterocycles. The molecule has 146 valence electrons. The molecule has 1 N–H and O–H groups in total. The summed E-state index contributed by atoms with van der Waals surface area (Å²) in [6.45, 7) is 2.99. The number of benzene rings is 3. The maximum absolute atomic E-state index is 3.85. The molecule has 0 unspecified atom stereocenters. The average molecular weight is 559 g/mol. The fourth-order valence-corrected chi connectivity index (χ4v) is 3.05. The van der Waals surface area contributed by atoms with E-state index in [4.69, 9.17) is 0 Å². The molecule has 2 heterocycles. The summed E-state index contributed by atoms with van der Waals surface area (Å²) in [5.41, 5.74) is 4.65. The van der Waals surface area contributed by atoms with E-state index in [0.717, 1.165) is 17.9 Å². The average Bonchev–Trinajstić information content (AvgIpc) is 3.40. The smallest absolute Gasteiger partial charge is 0.504 e. The second kappa shape index (κ2) is 10.0. The molecule has 4 aromatic rings. The summed E-state index contributed by atoms with van der Waals surface area (Å²) >= 11 is 0. The third-order valence-electron chi connectivity index (χ3n) is 4.38. The van der Waals surface area contributed by atoms with Gasteiger partial charge in [-0.2, -0.15) is 42.1 Å². The van der Waals surface area contributed by atoms with Gasteiger partial charge in [0.05, 0.1) is 5.82 Å². The molecule has 29 heavy (non-hydrogen) atoms. The first-order valence-electron chi connectivity index (χ1n) is 9.03. The van der Waals surface area contributed by atoms with Gasteiger partial charge in [0.2, 0.25) is 0 Å². The molecule has 1 aliphatic heterocycles. The zero-order valence-electron chi connectivity index (χ0n) is 15.9. The molecule has 0 fully saturated rings. The van der Waals surface area contributed by atoms with Gasteiger partial charge in [0.1, 0.15) is 6.33 Å². The van der Waals surface area contributed by atoms with Gasteiger partial charge in [-0.15, -0.1) is 46.6 Å². The maximum Gasteiger partial charge on any atom is 3.00 e. The molecule has 0 radical (unpaired) electrons. The van der Waals surface area contributed by atoms with Crippen LogP contribution in [0.15, 0.2) is 79.1 Å². The largest absolute Gasteiger partial charge is 3.00 e. The van der Waals surface area contributed by atoms with Gasteiger partial charge in [0.25, 0.3) is 0 Å². The molecule has 6 heteroatoms. The van der Waals surface area contributed by atoms with Crippen LogP contribution in [0.4, 0.5) is 11.4 Å². The molecule has 5 rings (SSSR count). The Bertz CT molecular complexity index is 990. The normalized spacial score (nSPS) is 11.9. The third-order valence-corrected chi connectivity index (χ3v) is 4.38. The van der Waals surface area contributed by atoms with Gasteiger partial charge in [-0.3, -0.25) is 0 Å². The van der Waals surface area contributed by atoms with Crippen LogP contribution in [0.2, 0.25) is 0 Å². The number of hydrogen-bond donors (Lipinski definition) is 1. The van der Waals surface area contributed by atoms with Crippen LogP contribution in [0.25, 0.3) is 11.4 Å². The van der Waals surface area contributed by atoms with Crippen LogP contribution >= 0.6 is 0 Å². The van der Waals surface area contributed by atoms with Crippen LogP contribution in [-0.4, -0.2) is 22.2 Å². The van der Waals surface area contributed by atoms with E-state index < -0.39 is 0 Å². The summed E-state index contributed by atoms with van der Waals surface area (Å²) in [5, 5.41) is 7.52. The predicted molar refractivity (Wildman–Crippen MR) is 111 cm³/mol. The Morgan fingerprint density at radius 3 is 2.31 bits per heavy atom. The van der Waals surface area contributed by atoms with Crippen molar-refractivity contribution in [2.24, 2.45) is 0 Å². The van der Waals surface area contributed by atoms with Crippen LogP contribution in [0.5, 0.6) is 0 Å². The van der Waals surface area contributed by atoms with Gasteiger partial charge >= 0.3 is 20.1 Å². The van der Waals surface area contributed by atoms with Gasteiger partial charge in [-0.25, -0.2) is 0 Å². The van der Waals surface area contributed by atoms with E-state index in [1.807, 2.05) is 36.4 Å². The van der Waals surface area contributed by atoms with E-state index in [0.29, 0.717) is 0 Å². The fourth-order valence-electron chi connectivity index (χ4n) is 3.05. The molecule has 0 bridgehead atoms. The van der Waals surface area contributed by atoms with Crippen molar-refractivity contribution in [2.75, 3.05) is 16.8 Å². The topological polar surface area (TPSA) is 48.1 Å². The summed E-state index contributed by atoms with van der Waals surface area (Å²) in [5.74, 6) is 0.755. The van der Waals surface area contributed by atoms with Crippen molar-refractivity contribution in [3.05, 3.63) is 103 Å². The SMILES string of the molecule is CN1[CH-]N(Cc2[c-]cccc2)c2ccccc21.[Ir+3].[c-]1ccccc1-c1nnc[nH]1. The minimum Gasteiger partial charge on any atom is -0.504 e. The van der Waals surface area contributed by atoms with Crippen molar-refractivity contribution in [1.82, 2.24) is 15.2 Å². The van der Waals surface area contributed by atoms with E-state index in [-0.39, 0.29) is 20.1 Å². The molecule has 0 amide bonds. The van der Waals surface area contributed by atoms with Crippen LogP contribution in [-0.2, 0) is 26.7 Å². The van der Waals surface area contributed by atoms with Crippen molar-refractivity contribution in [3.8, 4) is 11.4 Å². The first-order valence-corrected chi connectivity index (χ1v) is 9.03. The van der Waals surface area contributed by atoms with Crippen molar-refractivity contribution in [2.45, 2.75) is 6.54 Å². The number of hydrogen-bond acceptors (Lipinski definition) is 4. The summed E-state index contributed by atoms with van der Waals surface area (Å²) in [6, 6.07) is 30.5. The minimum absolute atomic E-state index is 0. The molecule has 3 aromatic carbocycles. The van der Waals surface area contributed by atoms with Crippen molar-refractivity contribution in [1.29, 1.82) is 0 Å². The summed E-state index contributed by atoms with van der Waals surface area (Å²) in [4.78, 5) is 7.30. The standard InChI is InChI=1S/C15H14N2.C8H6N3.Ir/c1-16-12-17(11-13-7-3-2-4-8-13)15-10-6-5-9-14(15)16;1-2-4-7(5-3-1)8-9-6-10-11-8;/h2-7,9-10,12H,11H2,1H3;1-4,6H,(H,9,10,11);/q-2;-1;+3. The zero-order chi connectivity index (χ0) is 19.2. The number of aromatic amines is 1. The zero-order valence-corrected chi connectivity index (χ0v) is 18.3. The molecular formula is C23H20IrN5. The van der Waals surface area contributed by atoms with E-state index in [1.54, 1.807) is 6.33 Å². The monoisotopic (exact) mass is 559 g/mol. The van der Waals surface area contributed by atoms with Crippen LogP contribution < -0.4 is 9.80 Å². The number of nitrogens with one attached hydrogen (secondary N) is 1. The molecule has 1 aliphatic rings. The Labute approximate surface area is 184 Å². The van der Waals surface area contributed by atoms with E-state index in [9.17, 15) is 0 Å². The number of anilines is 2. The van der Waals surface area contributed by atoms with Crippen LogP contribution in [0.3, 0.4) is 0 Å². The van der Waals surface area contributed by atoms with Gasteiger partial charge in [-0.05, 0) is 25.7 Å². The van der Waals surface area contributed by atoms with Crippen molar-refractivity contribution >= 4 is 11.4 Å². The molecule has 5 nitrogen and oxygen atoms in total. The number of H-pyrrole nitrogens is 1. The third kappa shape index (κ3) is 5.11. The van der Waals surface area contributed by atoms with E-state index in [2.05, 4.69) is 87.2 Å². The Hall–Kier alpha value is -2.95. The van der Waals surface area contributed by atoms with Gasteiger partial charge in [-0.1, -0.05) is 12.1 Å². The quantitative estimate of drug-likeness (QED) is 0.381. The number of aromatic nitrogens is 3. The number of nitrogens with zero attached hydrogens (tertiary/aromatic N) is 4.